The zero-order chi connectivity index (χ0) is 19.6. The first kappa shape index (κ1) is 18.1. The van der Waals surface area contributed by atoms with Crippen molar-refractivity contribution in [1.29, 1.82) is 0 Å². The normalized spacial score (nSPS) is 17.2. The molecule has 0 spiro atoms. The monoisotopic (exact) mass is 387 g/mol. The van der Waals surface area contributed by atoms with Gasteiger partial charge in [-0.1, -0.05) is 48.5 Å². The van der Waals surface area contributed by atoms with Crippen molar-refractivity contribution in [1.82, 2.24) is 25.0 Å². The molecule has 148 valence electrons. The minimum absolute atomic E-state index is 0.121. The van der Waals surface area contributed by atoms with Crippen LogP contribution in [0.15, 0.2) is 54.6 Å². The number of hydrogen-bond donors (Lipinski definition) is 1. The van der Waals surface area contributed by atoms with Crippen LogP contribution in [-0.2, 0) is 13.1 Å². The summed E-state index contributed by atoms with van der Waals surface area (Å²) in [6, 6.07) is 18.1. The van der Waals surface area contributed by atoms with E-state index >= 15 is 0 Å². The lowest BCUT2D eigenvalue weighted by atomic mass is 9.94. The van der Waals surface area contributed by atoms with E-state index in [0.717, 1.165) is 73.9 Å². The molecule has 0 atom stereocenters. The van der Waals surface area contributed by atoms with Gasteiger partial charge < -0.3 is 14.8 Å². The van der Waals surface area contributed by atoms with E-state index in [-0.39, 0.29) is 5.91 Å². The number of nitrogens with one attached hydrogen (secondary N) is 1. The molecule has 1 N–H and O–H groups in total. The Morgan fingerprint density at radius 3 is 2.52 bits per heavy atom. The summed E-state index contributed by atoms with van der Waals surface area (Å²) in [6.45, 7) is 4.20. The molecule has 1 amide bonds. The molecule has 2 aliphatic rings. The number of nitrogens with zero attached hydrogens (tertiary/aromatic N) is 4. The van der Waals surface area contributed by atoms with Crippen molar-refractivity contribution in [2.45, 2.75) is 31.8 Å². The van der Waals surface area contributed by atoms with Crippen LogP contribution in [0.5, 0.6) is 0 Å². The smallest absolute Gasteiger partial charge is 0.254 e. The lowest BCUT2D eigenvalue weighted by Crippen LogP contribution is -2.39. The van der Waals surface area contributed by atoms with Gasteiger partial charge in [-0.15, -0.1) is 10.2 Å². The Morgan fingerprint density at radius 1 is 0.931 bits per heavy atom. The number of carbonyl (C=O) groups excluding carboxylic acids is 1. The first-order valence-electron chi connectivity index (χ1n) is 10.4. The van der Waals surface area contributed by atoms with Gasteiger partial charge in [0.2, 0.25) is 0 Å². The molecule has 2 aliphatic heterocycles. The Labute approximate surface area is 170 Å². The highest BCUT2D eigenvalue weighted by Crippen LogP contribution is 2.30. The third-order valence-corrected chi connectivity index (χ3v) is 6.04. The van der Waals surface area contributed by atoms with Crippen LogP contribution >= 0.6 is 0 Å². The summed E-state index contributed by atoms with van der Waals surface area (Å²) in [5.41, 5.74) is 2.86. The summed E-state index contributed by atoms with van der Waals surface area (Å²) in [7, 11) is 0. The lowest BCUT2D eigenvalue weighted by molar-refractivity contribution is 0.0711. The molecule has 0 radical (unpaired) electrons. The number of benzene rings is 2. The fourth-order valence-electron chi connectivity index (χ4n) is 4.47. The van der Waals surface area contributed by atoms with Gasteiger partial charge in [-0.25, -0.2) is 0 Å². The highest BCUT2D eigenvalue weighted by Gasteiger charge is 2.29. The van der Waals surface area contributed by atoms with Crippen LogP contribution in [0.1, 0.15) is 40.8 Å². The van der Waals surface area contributed by atoms with Gasteiger partial charge in [0.1, 0.15) is 11.6 Å². The molecule has 6 nitrogen and oxygen atoms in total. The van der Waals surface area contributed by atoms with E-state index in [0.29, 0.717) is 5.92 Å². The number of carbonyl (C=O) groups is 1. The number of rotatable bonds is 3. The molecule has 1 fully saturated rings. The van der Waals surface area contributed by atoms with E-state index in [1.165, 1.54) is 0 Å². The Kier molecular flexibility index (Phi) is 4.86. The zero-order valence-corrected chi connectivity index (χ0v) is 16.4. The molecule has 6 heteroatoms. The van der Waals surface area contributed by atoms with Gasteiger partial charge >= 0.3 is 0 Å². The van der Waals surface area contributed by atoms with Crippen molar-refractivity contribution in [3.05, 3.63) is 71.8 Å². The third kappa shape index (κ3) is 3.44. The van der Waals surface area contributed by atoms with Gasteiger partial charge in [0.05, 0.1) is 6.54 Å². The maximum atomic E-state index is 13.3. The van der Waals surface area contributed by atoms with E-state index in [2.05, 4.69) is 32.2 Å². The average Bonchev–Trinajstić information content (AvgIpc) is 3.23. The predicted molar refractivity (Wildman–Crippen MR) is 111 cm³/mol. The van der Waals surface area contributed by atoms with E-state index in [1.807, 2.05) is 47.4 Å². The SMILES string of the molecule is O=C(c1ccccc1-c1ccccc1)N1CCC(c2nnc3n2CCNC3)CC1. The van der Waals surface area contributed by atoms with Crippen molar-refractivity contribution in [2.24, 2.45) is 0 Å². The molecule has 0 aliphatic carbocycles. The second-order valence-electron chi connectivity index (χ2n) is 7.78. The average molecular weight is 387 g/mol. The number of piperidine rings is 1. The standard InChI is InChI=1S/C23H25N5O/c29-23(20-9-5-4-8-19(20)17-6-2-1-3-7-17)27-13-10-18(11-14-27)22-26-25-21-16-24-12-15-28(21)22/h1-9,18,24H,10-16H2. The third-order valence-electron chi connectivity index (χ3n) is 6.04. The largest absolute Gasteiger partial charge is 0.339 e. The van der Waals surface area contributed by atoms with Crippen LogP contribution in [0, 0.1) is 0 Å². The summed E-state index contributed by atoms with van der Waals surface area (Å²) >= 11 is 0. The Hall–Kier alpha value is -2.99. The zero-order valence-electron chi connectivity index (χ0n) is 16.4. The maximum absolute atomic E-state index is 13.3. The van der Waals surface area contributed by atoms with Gasteiger partial charge in [-0.05, 0) is 30.0 Å². The number of aromatic nitrogens is 3. The van der Waals surface area contributed by atoms with Crippen LogP contribution in [0.3, 0.4) is 0 Å². The van der Waals surface area contributed by atoms with Gasteiger partial charge in [0.25, 0.3) is 5.91 Å². The van der Waals surface area contributed by atoms with E-state index in [1.54, 1.807) is 0 Å². The second-order valence-corrected chi connectivity index (χ2v) is 7.78. The van der Waals surface area contributed by atoms with Crippen molar-refractivity contribution in [3.63, 3.8) is 0 Å². The topological polar surface area (TPSA) is 63.1 Å². The first-order valence-corrected chi connectivity index (χ1v) is 10.4. The molecule has 5 rings (SSSR count). The van der Waals surface area contributed by atoms with Crippen LogP contribution in [0.2, 0.25) is 0 Å². The Morgan fingerprint density at radius 2 is 1.69 bits per heavy atom. The quantitative estimate of drug-likeness (QED) is 0.750. The molecule has 3 heterocycles. The number of amides is 1. The van der Waals surface area contributed by atoms with Crippen molar-refractivity contribution < 1.29 is 4.79 Å². The van der Waals surface area contributed by atoms with E-state index < -0.39 is 0 Å². The molecular formula is C23H25N5O. The highest BCUT2D eigenvalue weighted by atomic mass is 16.2. The molecule has 0 saturated carbocycles. The first-order chi connectivity index (χ1) is 14.3. The summed E-state index contributed by atoms with van der Waals surface area (Å²) < 4.78 is 2.27. The Bertz CT molecular complexity index is 1010. The molecule has 1 saturated heterocycles. The fraction of sp³-hybridized carbons (Fsp3) is 0.348. The van der Waals surface area contributed by atoms with Crippen molar-refractivity contribution in [3.8, 4) is 11.1 Å². The van der Waals surface area contributed by atoms with Crippen LogP contribution in [-0.4, -0.2) is 45.2 Å². The van der Waals surface area contributed by atoms with Crippen LogP contribution in [0.25, 0.3) is 11.1 Å². The minimum Gasteiger partial charge on any atom is -0.339 e. The van der Waals surface area contributed by atoms with Gasteiger partial charge in [-0.2, -0.15) is 0 Å². The molecule has 2 aromatic carbocycles. The molecule has 3 aromatic rings. The highest BCUT2D eigenvalue weighted by molar-refractivity contribution is 6.00. The van der Waals surface area contributed by atoms with E-state index in [4.69, 9.17) is 0 Å². The maximum Gasteiger partial charge on any atom is 0.254 e. The van der Waals surface area contributed by atoms with E-state index in [9.17, 15) is 4.79 Å². The predicted octanol–water partition coefficient (Wildman–Crippen LogP) is 3.07. The molecular weight excluding hydrogens is 362 g/mol. The second kappa shape index (κ2) is 7.79. The molecule has 0 unspecified atom stereocenters. The number of hydrogen-bond acceptors (Lipinski definition) is 4. The van der Waals surface area contributed by atoms with Gasteiger partial charge in [-0.3, -0.25) is 4.79 Å². The molecule has 1 aromatic heterocycles. The lowest BCUT2D eigenvalue weighted by Gasteiger charge is -2.32. The summed E-state index contributed by atoms with van der Waals surface area (Å²) in [6.07, 6.45) is 1.87. The summed E-state index contributed by atoms with van der Waals surface area (Å²) in [5, 5.41) is 12.2. The minimum atomic E-state index is 0.121. The number of fused-ring (bicyclic) bond motifs is 1. The van der Waals surface area contributed by atoms with Crippen molar-refractivity contribution >= 4 is 5.91 Å². The summed E-state index contributed by atoms with van der Waals surface area (Å²) in [5.74, 6) is 2.62. The Balaban J connectivity index is 1.32. The number of likely N-dealkylation sites (tertiary alicyclic amines) is 1. The van der Waals surface area contributed by atoms with Crippen LogP contribution in [0.4, 0.5) is 0 Å². The van der Waals surface area contributed by atoms with Crippen molar-refractivity contribution in [2.75, 3.05) is 19.6 Å². The van der Waals surface area contributed by atoms with Gasteiger partial charge in [0.15, 0.2) is 0 Å². The van der Waals surface area contributed by atoms with Gasteiger partial charge in [0, 0.05) is 37.7 Å². The fourth-order valence-corrected chi connectivity index (χ4v) is 4.47. The molecule has 0 bridgehead atoms. The summed E-state index contributed by atoms with van der Waals surface area (Å²) in [4.78, 5) is 15.3. The van der Waals surface area contributed by atoms with Crippen LogP contribution < -0.4 is 5.32 Å². The molecule has 29 heavy (non-hydrogen) atoms.